The molecule has 5 atom stereocenters. The molecule has 1 heterocycles. The van der Waals surface area contributed by atoms with Gasteiger partial charge in [0.25, 0.3) is 0 Å². The van der Waals surface area contributed by atoms with Crippen molar-refractivity contribution in [2.75, 3.05) is 12.4 Å². The molecule has 0 aliphatic carbocycles. The van der Waals surface area contributed by atoms with Crippen molar-refractivity contribution in [1.82, 2.24) is 5.32 Å². The highest BCUT2D eigenvalue weighted by atomic mass is 32.2. The number of thioether (sulfide) groups is 1. The molecule has 1 rings (SSSR count). The number of carbonyl (C=O) groups is 1. The zero-order valence-electron chi connectivity index (χ0n) is 8.35. The Balaban J connectivity index is 2.50. The number of hydrogen-bond acceptors (Lipinski definition) is 7. The fourth-order valence-electron chi connectivity index (χ4n) is 1.35. The van der Waals surface area contributed by atoms with Gasteiger partial charge in [0.2, 0.25) is 0 Å². The SMILES string of the molecule is O=C(O)[C@@H]1CS[C@H]([C@H](O)[C@@H](O)[C@H](O)CO)N1. The molecule has 0 aromatic rings. The van der Waals surface area contributed by atoms with Crippen LogP contribution in [0.4, 0.5) is 0 Å². The van der Waals surface area contributed by atoms with Crippen molar-refractivity contribution < 1.29 is 30.3 Å². The lowest BCUT2D eigenvalue weighted by atomic mass is 10.1. The molecule has 8 heteroatoms. The molecule has 94 valence electrons. The second kappa shape index (κ2) is 5.80. The molecule has 0 amide bonds. The number of nitrogens with one attached hydrogen (secondary N) is 1. The number of carboxylic acid groups (broad SMARTS) is 1. The van der Waals surface area contributed by atoms with E-state index in [1.807, 2.05) is 0 Å². The van der Waals surface area contributed by atoms with Crippen LogP contribution in [0, 0.1) is 0 Å². The van der Waals surface area contributed by atoms with E-state index in [4.69, 9.17) is 15.3 Å². The molecule has 0 bridgehead atoms. The molecule has 1 fully saturated rings. The van der Waals surface area contributed by atoms with Gasteiger partial charge in [-0.1, -0.05) is 0 Å². The summed E-state index contributed by atoms with van der Waals surface area (Å²) in [5, 5.41) is 47.4. The third kappa shape index (κ3) is 3.06. The van der Waals surface area contributed by atoms with Crippen LogP contribution in [-0.2, 0) is 4.79 Å². The number of aliphatic hydroxyl groups excluding tert-OH is 4. The maximum absolute atomic E-state index is 10.6. The van der Waals surface area contributed by atoms with E-state index in [-0.39, 0.29) is 5.75 Å². The minimum Gasteiger partial charge on any atom is -0.480 e. The monoisotopic (exact) mass is 253 g/mol. The average Bonchev–Trinajstić information content (AvgIpc) is 2.75. The van der Waals surface area contributed by atoms with Gasteiger partial charge in [-0.3, -0.25) is 10.1 Å². The van der Waals surface area contributed by atoms with Gasteiger partial charge in [-0.25, -0.2) is 0 Å². The van der Waals surface area contributed by atoms with Crippen molar-refractivity contribution in [3.05, 3.63) is 0 Å². The summed E-state index contributed by atoms with van der Waals surface area (Å²) in [6.45, 7) is -0.669. The molecule has 7 nitrogen and oxygen atoms in total. The molecule has 0 aromatic carbocycles. The summed E-state index contributed by atoms with van der Waals surface area (Å²) in [5.41, 5.74) is 0. The Labute approximate surface area is 96.1 Å². The van der Waals surface area contributed by atoms with Gasteiger partial charge in [-0.15, -0.1) is 11.8 Å². The molecule has 16 heavy (non-hydrogen) atoms. The Hall–Kier alpha value is -0.380. The summed E-state index contributed by atoms with van der Waals surface area (Å²) in [6, 6.07) is -0.775. The predicted octanol–water partition coefficient (Wildman–Crippen LogP) is -2.82. The van der Waals surface area contributed by atoms with E-state index in [9.17, 15) is 15.0 Å². The van der Waals surface area contributed by atoms with Gasteiger partial charge in [0.1, 0.15) is 24.4 Å². The van der Waals surface area contributed by atoms with Gasteiger partial charge >= 0.3 is 5.97 Å². The number of hydrogen-bond donors (Lipinski definition) is 6. The fraction of sp³-hybridized carbons (Fsp3) is 0.875. The fourth-order valence-corrected chi connectivity index (χ4v) is 2.61. The molecule has 0 saturated carbocycles. The Kier molecular flexibility index (Phi) is 4.96. The van der Waals surface area contributed by atoms with Crippen molar-refractivity contribution in [3.63, 3.8) is 0 Å². The predicted molar refractivity (Wildman–Crippen MR) is 55.9 cm³/mol. The van der Waals surface area contributed by atoms with Crippen LogP contribution in [0.25, 0.3) is 0 Å². The van der Waals surface area contributed by atoms with E-state index in [0.29, 0.717) is 0 Å². The summed E-state index contributed by atoms with van der Waals surface area (Å²) in [4.78, 5) is 10.6. The lowest BCUT2D eigenvalue weighted by molar-refractivity contribution is -0.139. The van der Waals surface area contributed by atoms with E-state index >= 15 is 0 Å². The van der Waals surface area contributed by atoms with Crippen LogP contribution in [0.3, 0.4) is 0 Å². The Morgan fingerprint density at radius 2 is 2.06 bits per heavy atom. The number of carboxylic acids is 1. The second-order valence-electron chi connectivity index (χ2n) is 3.54. The van der Waals surface area contributed by atoms with Gasteiger partial charge in [0.15, 0.2) is 0 Å². The van der Waals surface area contributed by atoms with Crippen molar-refractivity contribution in [3.8, 4) is 0 Å². The van der Waals surface area contributed by atoms with Crippen molar-refractivity contribution in [2.24, 2.45) is 0 Å². The van der Waals surface area contributed by atoms with Crippen molar-refractivity contribution in [2.45, 2.75) is 29.7 Å². The van der Waals surface area contributed by atoms with E-state index in [2.05, 4.69) is 5.32 Å². The zero-order valence-corrected chi connectivity index (χ0v) is 9.17. The summed E-state index contributed by atoms with van der Waals surface area (Å²) in [6.07, 6.45) is -4.29. The smallest absolute Gasteiger partial charge is 0.321 e. The first-order valence-electron chi connectivity index (χ1n) is 4.73. The van der Waals surface area contributed by atoms with Gasteiger partial charge < -0.3 is 25.5 Å². The van der Waals surface area contributed by atoms with Crippen LogP contribution >= 0.6 is 11.8 Å². The minimum atomic E-state index is -1.51. The Morgan fingerprint density at radius 3 is 2.50 bits per heavy atom. The molecule has 0 radical (unpaired) electrons. The van der Waals surface area contributed by atoms with Crippen LogP contribution in [-0.4, -0.2) is 73.6 Å². The first kappa shape index (κ1) is 13.7. The van der Waals surface area contributed by atoms with Gasteiger partial charge in [0.05, 0.1) is 12.0 Å². The minimum absolute atomic E-state index is 0.277. The molecular formula is C8H15NO6S. The summed E-state index contributed by atoms with van der Waals surface area (Å²) < 4.78 is 0. The van der Waals surface area contributed by atoms with Crippen molar-refractivity contribution >= 4 is 17.7 Å². The standard InChI is InChI=1S/C8H15NO6S/c10-1-4(11)5(12)6(13)7-9-3(2-16-7)8(14)15/h3-7,9-13H,1-2H2,(H,14,15)/t3-,4+,5-,6+,7+/m0/s1. The largest absolute Gasteiger partial charge is 0.480 e. The first-order valence-corrected chi connectivity index (χ1v) is 5.77. The molecule has 6 N–H and O–H groups in total. The molecule has 0 spiro atoms. The van der Waals surface area contributed by atoms with E-state index < -0.39 is 42.3 Å². The maximum atomic E-state index is 10.6. The highest BCUT2D eigenvalue weighted by molar-refractivity contribution is 8.00. The first-order chi connectivity index (χ1) is 7.47. The topological polar surface area (TPSA) is 130 Å². The number of aliphatic carboxylic acids is 1. The van der Waals surface area contributed by atoms with Gasteiger partial charge in [0, 0.05) is 5.75 Å². The van der Waals surface area contributed by atoms with Crippen LogP contribution in [0.1, 0.15) is 0 Å². The molecule has 1 aliphatic rings. The van der Waals surface area contributed by atoms with Crippen molar-refractivity contribution in [1.29, 1.82) is 0 Å². The lowest BCUT2D eigenvalue weighted by Crippen LogP contribution is -2.50. The number of rotatable bonds is 5. The number of aliphatic hydroxyl groups is 4. The third-order valence-electron chi connectivity index (χ3n) is 2.35. The lowest BCUT2D eigenvalue weighted by Gasteiger charge is -2.25. The molecule has 1 saturated heterocycles. The summed E-state index contributed by atoms with van der Waals surface area (Å²) >= 11 is 1.15. The Morgan fingerprint density at radius 1 is 1.44 bits per heavy atom. The quantitative estimate of drug-likeness (QED) is 0.309. The maximum Gasteiger partial charge on any atom is 0.321 e. The Bertz CT molecular complexity index is 253. The highest BCUT2D eigenvalue weighted by Crippen LogP contribution is 2.24. The normalized spacial score (nSPS) is 31.0. The van der Waals surface area contributed by atoms with Crippen LogP contribution in [0.2, 0.25) is 0 Å². The van der Waals surface area contributed by atoms with Gasteiger partial charge in [-0.2, -0.15) is 0 Å². The van der Waals surface area contributed by atoms with Crippen LogP contribution < -0.4 is 5.32 Å². The third-order valence-corrected chi connectivity index (χ3v) is 3.65. The van der Waals surface area contributed by atoms with Gasteiger partial charge in [-0.05, 0) is 0 Å². The summed E-state index contributed by atoms with van der Waals surface area (Å²) in [7, 11) is 0. The molecular weight excluding hydrogens is 238 g/mol. The zero-order chi connectivity index (χ0) is 12.3. The highest BCUT2D eigenvalue weighted by Gasteiger charge is 2.38. The molecule has 0 aromatic heterocycles. The average molecular weight is 253 g/mol. The summed E-state index contributed by atoms with van der Waals surface area (Å²) in [5.74, 6) is -0.752. The van der Waals surface area contributed by atoms with Crippen LogP contribution in [0.15, 0.2) is 0 Å². The molecule has 0 unspecified atom stereocenters. The molecule has 1 aliphatic heterocycles. The second-order valence-corrected chi connectivity index (χ2v) is 4.72. The van der Waals surface area contributed by atoms with E-state index in [1.54, 1.807) is 0 Å². The van der Waals surface area contributed by atoms with Crippen LogP contribution in [0.5, 0.6) is 0 Å². The van der Waals surface area contributed by atoms with E-state index in [1.165, 1.54) is 0 Å². The van der Waals surface area contributed by atoms with E-state index in [0.717, 1.165) is 11.8 Å².